The van der Waals surface area contributed by atoms with E-state index >= 15 is 0 Å². The average molecular weight is 140 g/mol. The van der Waals surface area contributed by atoms with E-state index in [1.807, 2.05) is 6.20 Å². The fourth-order valence-electron chi connectivity index (χ4n) is 1.14. The monoisotopic (exact) mass is 139 g/mol. The van der Waals surface area contributed by atoms with Crippen LogP contribution in [-0.4, -0.2) is 4.98 Å². The summed E-state index contributed by atoms with van der Waals surface area (Å²) in [4.78, 5) is 3.95. The van der Waals surface area contributed by atoms with Gasteiger partial charge in [-0.1, -0.05) is 18.5 Å². The van der Waals surface area contributed by atoms with Crippen molar-refractivity contribution in [3.8, 4) is 0 Å². The van der Waals surface area contributed by atoms with Gasteiger partial charge in [0.15, 0.2) is 0 Å². The number of hydrogen-bond donors (Lipinski definition) is 0. The van der Waals surface area contributed by atoms with Crippen molar-refractivity contribution in [3.05, 3.63) is 28.5 Å². The SMILES string of the molecule is C[C@H]1c2cncc(Cl)c21. The lowest BCUT2D eigenvalue weighted by molar-refractivity contribution is 1.14. The fourth-order valence-corrected chi connectivity index (χ4v) is 1.47. The molecule has 1 aliphatic carbocycles. The van der Waals surface area contributed by atoms with Crippen molar-refractivity contribution in [2.45, 2.75) is 12.8 Å². The molecule has 9 heavy (non-hydrogen) atoms. The lowest BCUT2D eigenvalue weighted by atomic mass is 10.4. The molecule has 0 aromatic carbocycles. The number of nitrogens with zero attached hydrogens (tertiary/aromatic N) is 1. The highest BCUT2D eigenvalue weighted by molar-refractivity contribution is 6.32. The molecule has 46 valence electrons. The highest BCUT2D eigenvalue weighted by Gasteiger charge is 2.30. The van der Waals surface area contributed by atoms with Gasteiger partial charge in [0.1, 0.15) is 0 Å². The van der Waals surface area contributed by atoms with E-state index in [4.69, 9.17) is 11.6 Å². The summed E-state index contributed by atoms with van der Waals surface area (Å²) in [7, 11) is 0. The van der Waals surface area contributed by atoms with Gasteiger partial charge < -0.3 is 0 Å². The highest BCUT2D eigenvalue weighted by atomic mass is 35.5. The Morgan fingerprint density at radius 3 is 2.89 bits per heavy atom. The van der Waals surface area contributed by atoms with Crippen LogP contribution in [-0.2, 0) is 0 Å². The van der Waals surface area contributed by atoms with E-state index < -0.39 is 0 Å². The van der Waals surface area contributed by atoms with Gasteiger partial charge in [-0.15, -0.1) is 0 Å². The summed E-state index contributed by atoms with van der Waals surface area (Å²) < 4.78 is 0. The van der Waals surface area contributed by atoms with Gasteiger partial charge in [0.25, 0.3) is 0 Å². The third-order valence-corrected chi connectivity index (χ3v) is 2.09. The maximum absolute atomic E-state index is 5.79. The fraction of sp³-hybridized carbons (Fsp3) is 0.286. The van der Waals surface area contributed by atoms with Gasteiger partial charge in [0, 0.05) is 18.3 Å². The van der Waals surface area contributed by atoms with Crippen LogP contribution < -0.4 is 0 Å². The Morgan fingerprint density at radius 1 is 1.56 bits per heavy atom. The van der Waals surface area contributed by atoms with Crippen LogP contribution in [0.1, 0.15) is 24.0 Å². The van der Waals surface area contributed by atoms with Crippen LogP contribution in [0.5, 0.6) is 0 Å². The number of hydrogen-bond acceptors (Lipinski definition) is 1. The van der Waals surface area contributed by atoms with Gasteiger partial charge in [-0.2, -0.15) is 0 Å². The van der Waals surface area contributed by atoms with E-state index in [-0.39, 0.29) is 0 Å². The molecule has 0 radical (unpaired) electrons. The van der Waals surface area contributed by atoms with Crippen molar-refractivity contribution >= 4 is 11.6 Å². The van der Waals surface area contributed by atoms with Gasteiger partial charge in [-0.05, 0) is 11.1 Å². The molecule has 0 bridgehead atoms. The molecule has 2 heteroatoms. The van der Waals surface area contributed by atoms with Gasteiger partial charge in [-0.3, -0.25) is 4.98 Å². The molecule has 1 aromatic heterocycles. The maximum atomic E-state index is 5.79. The number of rotatable bonds is 0. The summed E-state index contributed by atoms with van der Waals surface area (Å²) in [6, 6.07) is 0. The molecular formula is C7H6ClN. The predicted octanol–water partition coefficient (Wildman–Crippen LogP) is 2.20. The Morgan fingerprint density at radius 2 is 2.33 bits per heavy atom. The summed E-state index contributed by atoms with van der Waals surface area (Å²) in [5.41, 5.74) is 2.59. The van der Waals surface area contributed by atoms with E-state index in [0.717, 1.165) is 5.02 Å². The largest absolute Gasteiger partial charge is 0.263 e. The molecule has 0 N–H and O–H groups in total. The molecule has 1 atom stereocenters. The quantitative estimate of drug-likeness (QED) is 0.537. The molecule has 0 unspecified atom stereocenters. The molecule has 1 aliphatic rings. The smallest absolute Gasteiger partial charge is 0.0630 e. The third-order valence-electron chi connectivity index (χ3n) is 1.79. The minimum Gasteiger partial charge on any atom is -0.263 e. The summed E-state index contributed by atoms with van der Waals surface area (Å²) in [5.74, 6) is 0.569. The molecule has 0 saturated heterocycles. The van der Waals surface area contributed by atoms with Crippen LogP contribution in [0.15, 0.2) is 12.4 Å². The predicted molar refractivity (Wildman–Crippen MR) is 36.8 cm³/mol. The first-order valence-electron chi connectivity index (χ1n) is 2.94. The van der Waals surface area contributed by atoms with E-state index in [1.165, 1.54) is 11.1 Å². The first-order valence-corrected chi connectivity index (χ1v) is 3.32. The van der Waals surface area contributed by atoms with Gasteiger partial charge in [0.2, 0.25) is 0 Å². The molecular weight excluding hydrogens is 134 g/mol. The first kappa shape index (κ1) is 5.24. The number of pyridine rings is 1. The number of aromatic nitrogens is 1. The molecule has 0 saturated carbocycles. The first-order chi connectivity index (χ1) is 4.30. The second-order valence-corrected chi connectivity index (χ2v) is 2.75. The summed E-state index contributed by atoms with van der Waals surface area (Å²) in [6.07, 6.45) is 3.58. The van der Waals surface area contributed by atoms with E-state index in [1.54, 1.807) is 6.20 Å². The minimum atomic E-state index is 0.569. The number of fused-ring (bicyclic) bond motifs is 1. The third kappa shape index (κ3) is 0.583. The van der Waals surface area contributed by atoms with Crippen molar-refractivity contribution in [2.24, 2.45) is 0 Å². The molecule has 2 rings (SSSR count). The molecule has 1 heterocycles. The molecule has 1 nitrogen and oxygen atoms in total. The number of halogens is 1. The van der Waals surface area contributed by atoms with E-state index in [9.17, 15) is 0 Å². The lowest BCUT2D eigenvalue weighted by Gasteiger charge is -1.80. The van der Waals surface area contributed by atoms with E-state index in [0.29, 0.717) is 5.92 Å². The Balaban J connectivity index is 2.61. The van der Waals surface area contributed by atoms with Crippen molar-refractivity contribution in [1.82, 2.24) is 4.98 Å². The second kappa shape index (κ2) is 1.48. The Kier molecular flexibility index (Phi) is 0.862. The zero-order chi connectivity index (χ0) is 6.43. The zero-order valence-electron chi connectivity index (χ0n) is 5.06. The highest BCUT2D eigenvalue weighted by Crippen LogP contribution is 2.46. The summed E-state index contributed by atoms with van der Waals surface area (Å²) in [6.45, 7) is 2.14. The Labute approximate surface area is 58.7 Å². The molecule has 0 aliphatic heterocycles. The maximum Gasteiger partial charge on any atom is 0.0630 e. The van der Waals surface area contributed by atoms with Crippen LogP contribution in [0.3, 0.4) is 0 Å². The lowest BCUT2D eigenvalue weighted by Crippen LogP contribution is -1.64. The van der Waals surface area contributed by atoms with Gasteiger partial charge in [0.05, 0.1) is 5.02 Å². The molecule has 0 amide bonds. The summed E-state index contributed by atoms with van der Waals surface area (Å²) in [5, 5.41) is 0.819. The van der Waals surface area contributed by atoms with Crippen molar-refractivity contribution in [3.63, 3.8) is 0 Å². The van der Waals surface area contributed by atoms with Crippen molar-refractivity contribution in [1.29, 1.82) is 0 Å². The zero-order valence-corrected chi connectivity index (χ0v) is 5.81. The van der Waals surface area contributed by atoms with Crippen molar-refractivity contribution in [2.75, 3.05) is 0 Å². The standard InChI is InChI=1S/C7H6ClN/c1-4-5-2-9-3-6(8)7(4)5/h2-4H,1H3/t4-/m0/s1. The van der Waals surface area contributed by atoms with Gasteiger partial charge in [-0.25, -0.2) is 0 Å². The normalized spacial score (nSPS) is 21.3. The van der Waals surface area contributed by atoms with Crippen molar-refractivity contribution < 1.29 is 0 Å². The minimum absolute atomic E-state index is 0.569. The second-order valence-electron chi connectivity index (χ2n) is 2.35. The Bertz CT molecular complexity index is 257. The van der Waals surface area contributed by atoms with Gasteiger partial charge >= 0.3 is 0 Å². The molecule has 1 aromatic rings. The van der Waals surface area contributed by atoms with Crippen LogP contribution in [0.4, 0.5) is 0 Å². The van der Waals surface area contributed by atoms with Crippen LogP contribution in [0.2, 0.25) is 5.02 Å². The van der Waals surface area contributed by atoms with E-state index in [2.05, 4.69) is 11.9 Å². The molecule has 0 fully saturated rings. The summed E-state index contributed by atoms with van der Waals surface area (Å²) >= 11 is 5.79. The topological polar surface area (TPSA) is 12.9 Å². The van der Waals surface area contributed by atoms with Crippen LogP contribution in [0, 0.1) is 0 Å². The Hall–Kier alpha value is -0.560. The molecule has 0 spiro atoms. The van der Waals surface area contributed by atoms with Crippen LogP contribution >= 0.6 is 11.6 Å². The van der Waals surface area contributed by atoms with Crippen LogP contribution in [0.25, 0.3) is 0 Å². The average Bonchev–Trinajstić information content (AvgIpc) is 2.45.